The summed E-state index contributed by atoms with van der Waals surface area (Å²) in [4.78, 5) is 34.5. The zero-order valence-corrected chi connectivity index (χ0v) is 14.5. The van der Waals surface area contributed by atoms with Gasteiger partial charge in [-0.1, -0.05) is 30.3 Å². The molecule has 0 fully saturated rings. The summed E-state index contributed by atoms with van der Waals surface area (Å²) >= 11 is 0. The van der Waals surface area contributed by atoms with Crippen molar-refractivity contribution in [1.82, 2.24) is 14.9 Å². The van der Waals surface area contributed by atoms with E-state index >= 15 is 0 Å². The maximum Gasteiger partial charge on any atom is 0.338 e. The van der Waals surface area contributed by atoms with Crippen molar-refractivity contribution in [3.63, 3.8) is 0 Å². The van der Waals surface area contributed by atoms with E-state index in [1.807, 2.05) is 37.3 Å². The summed E-state index contributed by atoms with van der Waals surface area (Å²) in [5.74, 6) is -0.785. The summed E-state index contributed by atoms with van der Waals surface area (Å²) in [5, 5.41) is 0. The molecule has 26 heavy (non-hydrogen) atoms. The molecule has 0 aliphatic heterocycles. The van der Waals surface area contributed by atoms with Crippen LogP contribution in [0.15, 0.2) is 60.9 Å². The van der Waals surface area contributed by atoms with Crippen LogP contribution in [-0.4, -0.2) is 39.9 Å². The van der Waals surface area contributed by atoms with Gasteiger partial charge in [0, 0.05) is 25.5 Å². The first kappa shape index (κ1) is 17.5. The normalized spacial score (nSPS) is 10.5. The molecule has 0 saturated carbocycles. The average Bonchev–Trinajstić information content (AvgIpc) is 2.70. The van der Waals surface area contributed by atoms with E-state index in [-0.39, 0.29) is 12.5 Å². The van der Waals surface area contributed by atoms with E-state index in [1.165, 1.54) is 0 Å². The van der Waals surface area contributed by atoms with E-state index in [1.54, 1.807) is 35.5 Å². The van der Waals surface area contributed by atoms with Gasteiger partial charge < -0.3 is 9.64 Å². The summed E-state index contributed by atoms with van der Waals surface area (Å²) in [6, 6.07) is 14.6. The SMILES string of the molecule is CCN(Cc1ccccc1)C(=O)COC(=O)c1ccc2nccnc2c1. The lowest BCUT2D eigenvalue weighted by molar-refractivity contribution is -0.134. The Balaban J connectivity index is 1.60. The lowest BCUT2D eigenvalue weighted by Gasteiger charge is -2.20. The molecule has 1 heterocycles. The largest absolute Gasteiger partial charge is 0.452 e. The Hall–Kier alpha value is -3.28. The number of ether oxygens (including phenoxy) is 1. The summed E-state index contributed by atoms with van der Waals surface area (Å²) in [6.45, 7) is 2.62. The van der Waals surface area contributed by atoms with E-state index < -0.39 is 5.97 Å². The second-order valence-electron chi connectivity index (χ2n) is 5.73. The third kappa shape index (κ3) is 4.22. The molecule has 3 rings (SSSR count). The highest BCUT2D eigenvalue weighted by Crippen LogP contribution is 2.12. The van der Waals surface area contributed by atoms with Crippen LogP contribution < -0.4 is 0 Å². The van der Waals surface area contributed by atoms with Gasteiger partial charge in [-0.25, -0.2) is 4.79 Å². The number of aromatic nitrogens is 2. The Labute approximate surface area is 151 Å². The number of benzene rings is 2. The number of carbonyl (C=O) groups excluding carboxylic acids is 2. The minimum Gasteiger partial charge on any atom is -0.452 e. The smallest absolute Gasteiger partial charge is 0.338 e. The van der Waals surface area contributed by atoms with Gasteiger partial charge in [0.15, 0.2) is 6.61 Å². The summed E-state index contributed by atoms with van der Waals surface area (Å²) in [6.07, 6.45) is 3.15. The van der Waals surface area contributed by atoms with E-state index in [9.17, 15) is 9.59 Å². The summed E-state index contributed by atoms with van der Waals surface area (Å²) in [5.41, 5.74) is 2.67. The predicted octanol–water partition coefficient (Wildman–Crippen LogP) is 2.84. The molecule has 0 atom stereocenters. The van der Waals surface area contributed by atoms with Crippen LogP contribution in [0.4, 0.5) is 0 Å². The van der Waals surface area contributed by atoms with Gasteiger partial charge in [-0.15, -0.1) is 0 Å². The van der Waals surface area contributed by atoms with Crippen molar-refractivity contribution in [2.75, 3.05) is 13.2 Å². The monoisotopic (exact) mass is 349 g/mol. The highest BCUT2D eigenvalue weighted by atomic mass is 16.5. The molecule has 0 N–H and O–H groups in total. The van der Waals surface area contributed by atoms with E-state index in [4.69, 9.17) is 4.74 Å². The van der Waals surface area contributed by atoms with Crippen molar-refractivity contribution in [3.05, 3.63) is 72.1 Å². The van der Waals surface area contributed by atoms with Gasteiger partial charge in [0.1, 0.15) is 0 Å². The Morgan fingerprint density at radius 2 is 1.73 bits per heavy atom. The van der Waals surface area contributed by atoms with Crippen LogP contribution in [0.25, 0.3) is 11.0 Å². The number of esters is 1. The molecule has 0 aliphatic carbocycles. The molecule has 1 aromatic heterocycles. The van der Waals surface area contributed by atoms with Crippen LogP contribution in [0.5, 0.6) is 0 Å². The van der Waals surface area contributed by atoms with Gasteiger partial charge in [0.25, 0.3) is 5.91 Å². The molecule has 6 nitrogen and oxygen atoms in total. The Morgan fingerprint density at radius 1 is 1.00 bits per heavy atom. The molecule has 6 heteroatoms. The fraction of sp³-hybridized carbons (Fsp3) is 0.200. The molecule has 0 spiro atoms. The number of rotatable bonds is 6. The Bertz CT molecular complexity index is 912. The fourth-order valence-corrected chi connectivity index (χ4v) is 2.57. The quantitative estimate of drug-likeness (QED) is 0.640. The van der Waals surface area contributed by atoms with E-state index in [0.717, 1.165) is 5.56 Å². The maximum absolute atomic E-state index is 12.4. The first-order valence-corrected chi connectivity index (χ1v) is 8.37. The van der Waals surface area contributed by atoms with Gasteiger partial charge in [0.05, 0.1) is 16.6 Å². The number of fused-ring (bicyclic) bond motifs is 1. The summed E-state index contributed by atoms with van der Waals surface area (Å²) < 4.78 is 5.18. The number of hydrogen-bond donors (Lipinski definition) is 0. The number of nitrogens with zero attached hydrogens (tertiary/aromatic N) is 3. The van der Waals surface area contributed by atoms with E-state index in [2.05, 4.69) is 9.97 Å². The standard InChI is InChI=1S/C20H19N3O3/c1-2-23(13-15-6-4-3-5-7-15)19(24)14-26-20(25)16-8-9-17-18(12-16)22-11-10-21-17/h3-12H,2,13-14H2,1H3. The maximum atomic E-state index is 12.4. The average molecular weight is 349 g/mol. The molecule has 0 saturated heterocycles. The molecule has 1 amide bonds. The van der Waals surface area contributed by atoms with Crippen LogP contribution in [0.1, 0.15) is 22.8 Å². The van der Waals surface area contributed by atoms with Crippen LogP contribution in [0.2, 0.25) is 0 Å². The van der Waals surface area contributed by atoms with Crippen molar-refractivity contribution >= 4 is 22.9 Å². The highest BCUT2D eigenvalue weighted by molar-refractivity contribution is 5.94. The van der Waals surface area contributed by atoms with Crippen molar-refractivity contribution in [3.8, 4) is 0 Å². The van der Waals surface area contributed by atoms with E-state index in [0.29, 0.717) is 29.7 Å². The minimum atomic E-state index is -0.554. The lowest BCUT2D eigenvalue weighted by Crippen LogP contribution is -2.34. The van der Waals surface area contributed by atoms with Crippen LogP contribution in [0, 0.1) is 0 Å². The highest BCUT2D eigenvalue weighted by Gasteiger charge is 2.16. The zero-order chi connectivity index (χ0) is 18.4. The third-order valence-electron chi connectivity index (χ3n) is 3.98. The zero-order valence-electron chi connectivity index (χ0n) is 14.5. The number of likely N-dealkylation sites (N-methyl/N-ethyl adjacent to an activating group) is 1. The van der Waals surface area contributed by atoms with Crippen LogP contribution >= 0.6 is 0 Å². The second kappa shape index (κ2) is 8.20. The number of amides is 1. The molecule has 0 aliphatic rings. The molecular formula is C20H19N3O3. The first-order chi connectivity index (χ1) is 12.7. The fourth-order valence-electron chi connectivity index (χ4n) is 2.57. The Morgan fingerprint density at radius 3 is 2.46 bits per heavy atom. The van der Waals surface area contributed by atoms with Gasteiger partial charge in [0.2, 0.25) is 0 Å². The van der Waals surface area contributed by atoms with Gasteiger partial charge >= 0.3 is 5.97 Å². The number of hydrogen-bond acceptors (Lipinski definition) is 5. The first-order valence-electron chi connectivity index (χ1n) is 8.37. The van der Waals surface area contributed by atoms with Crippen molar-refractivity contribution in [2.24, 2.45) is 0 Å². The third-order valence-corrected chi connectivity index (χ3v) is 3.98. The predicted molar refractivity (Wildman–Crippen MR) is 97.4 cm³/mol. The van der Waals surface area contributed by atoms with Gasteiger partial charge in [-0.05, 0) is 30.7 Å². The molecular weight excluding hydrogens is 330 g/mol. The molecule has 132 valence electrons. The molecule has 0 radical (unpaired) electrons. The van der Waals surface area contributed by atoms with Crippen molar-refractivity contribution < 1.29 is 14.3 Å². The molecule has 0 unspecified atom stereocenters. The molecule has 0 bridgehead atoms. The molecule has 2 aromatic carbocycles. The van der Waals surface area contributed by atoms with Crippen molar-refractivity contribution in [1.29, 1.82) is 0 Å². The minimum absolute atomic E-state index is 0.231. The van der Waals surface area contributed by atoms with Gasteiger partial charge in [-0.3, -0.25) is 14.8 Å². The lowest BCUT2D eigenvalue weighted by atomic mass is 10.2. The second-order valence-corrected chi connectivity index (χ2v) is 5.73. The van der Waals surface area contributed by atoms with Crippen LogP contribution in [-0.2, 0) is 16.1 Å². The summed E-state index contributed by atoms with van der Waals surface area (Å²) in [7, 11) is 0. The molecule has 3 aromatic rings. The van der Waals surface area contributed by atoms with Crippen LogP contribution in [0.3, 0.4) is 0 Å². The van der Waals surface area contributed by atoms with Gasteiger partial charge in [-0.2, -0.15) is 0 Å². The number of carbonyl (C=O) groups is 2. The Kier molecular flexibility index (Phi) is 5.53. The topological polar surface area (TPSA) is 72.4 Å². The van der Waals surface area contributed by atoms with Crippen molar-refractivity contribution in [2.45, 2.75) is 13.5 Å².